The SMILES string of the molecule is CC1(C)CCCN(c2ccc(C(=N)N)c(Cl)c2)CC1. The van der Waals surface area contributed by atoms with E-state index in [1.54, 1.807) is 0 Å². The van der Waals surface area contributed by atoms with Gasteiger partial charge >= 0.3 is 0 Å². The van der Waals surface area contributed by atoms with E-state index in [1.165, 1.54) is 19.3 Å². The Morgan fingerprint density at radius 2 is 2.05 bits per heavy atom. The van der Waals surface area contributed by atoms with Gasteiger partial charge in [0, 0.05) is 24.3 Å². The quantitative estimate of drug-likeness (QED) is 0.641. The van der Waals surface area contributed by atoms with Crippen LogP contribution in [0.2, 0.25) is 5.02 Å². The van der Waals surface area contributed by atoms with Gasteiger partial charge in [0.2, 0.25) is 0 Å². The molecule has 0 aliphatic carbocycles. The van der Waals surface area contributed by atoms with Gasteiger partial charge in [0.05, 0.1) is 5.02 Å². The summed E-state index contributed by atoms with van der Waals surface area (Å²) in [5, 5.41) is 8.02. The van der Waals surface area contributed by atoms with E-state index in [9.17, 15) is 0 Å². The van der Waals surface area contributed by atoms with Crippen LogP contribution >= 0.6 is 11.6 Å². The highest BCUT2D eigenvalue weighted by Crippen LogP contribution is 2.32. The predicted molar refractivity (Wildman–Crippen MR) is 82.3 cm³/mol. The van der Waals surface area contributed by atoms with Gasteiger partial charge in [0.25, 0.3) is 0 Å². The number of hydrogen-bond acceptors (Lipinski definition) is 2. The molecule has 0 radical (unpaired) electrons. The van der Waals surface area contributed by atoms with Crippen molar-refractivity contribution >= 4 is 23.1 Å². The van der Waals surface area contributed by atoms with E-state index >= 15 is 0 Å². The molecule has 1 aliphatic heterocycles. The molecule has 1 aromatic rings. The normalized spacial score (nSPS) is 19.0. The highest BCUT2D eigenvalue weighted by Gasteiger charge is 2.23. The number of rotatable bonds is 2. The molecule has 104 valence electrons. The van der Waals surface area contributed by atoms with Gasteiger partial charge in [-0.3, -0.25) is 5.41 Å². The van der Waals surface area contributed by atoms with Crippen molar-refractivity contribution in [2.45, 2.75) is 33.1 Å². The van der Waals surface area contributed by atoms with Crippen LogP contribution in [0.4, 0.5) is 5.69 Å². The van der Waals surface area contributed by atoms with Crippen LogP contribution in [0.3, 0.4) is 0 Å². The number of nitrogens with zero attached hydrogens (tertiary/aromatic N) is 1. The van der Waals surface area contributed by atoms with Crippen molar-refractivity contribution in [3.63, 3.8) is 0 Å². The Kier molecular flexibility index (Phi) is 4.04. The molecule has 0 spiro atoms. The van der Waals surface area contributed by atoms with Crippen LogP contribution in [-0.4, -0.2) is 18.9 Å². The van der Waals surface area contributed by atoms with Crippen LogP contribution < -0.4 is 10.6 Å². The first-order valence-electron chi connectivity index (χ1n) is 6.78. The van der Waals surface area contributed by atoms with Crippen LogP contribution in [0.25, 0.3) is 0 Å². The maximum atomic E-state index is 7.46. The summed E-state index contributed by atoms with van der Waals surface area (Å²) >= 11 is 6.19. The molecule has 0 saturated carbocycles. The molecule has 0 unspecified atom stereocenters. The summed E-state index contributed by atoms with van der Waals surface area (Å²) in [5.41, 5.74) is 7.66. The second-order valence-electron chi connectivity index (χ2n) is 6.08. The third kappa shape index (κ3) is 3.41. The van der Waals surface area contributed by atoms with E-state index in [0.717, 1.165) is 18.8 Å². The number of nitrogen functional groups attached to an aromatic ring is 1. The lowest BCUT2D eigenvalue weighted by Gasteiger charge is -2.25. The molecule has 19 heavy (non-hydrogen) atoms. The molecule has 2 rings (SSSR count). The molecule has 1 heterocycles. The summed E-state index contributed by atoms with van der Waals surface area (Å²) in [5.74, 6) is 0.0218. The van der Waals surface area contributed by atoms with E-state index in [2.05, 4.69) is 18.7 Å². The predicted octanol–water partition coefficient (Wildman–Crippen LogP) is 3.64. The third-order valence-corrected chi connectivity index (χ3v) is 4.26. The monoisotopic (exact) mass is 279 g/mol. The first kappa shape index (κ1) is 14.2. The van der Waals surface area contributed by atoms with Crippen LogP contribution in [0.15, 0.2) is 18.2 Å². The lowest BCUT2D eigenvalue weighted by molar-refractivity contribution is 0.325. The number of halogens is 1. The Bertz CT molecular complexity index is 482. The minimum Gasteiger partial charge on any atom is -0.384 e. The minimum absolute atomic E-state index is 0.0218. The molecule has 0 atom stereocenters. The van der Waals surface area contributed by atoms with Crippen molar-refractivity contribution in [3.8, 4) is 0 Å². The van der Waals surface area contributed by atoms with E-state index in [1.807, 2.05) is 18.2 Å². The van der Waals surface area contributed by atoms with E-state index in [4.69, 9.17) is 22.7 Å². The van der Waals surface area contributed by atoms with Crippen molar-refractivity contribution in [2.24, 2.45) is 11.1 Å². The lowest BCUT2D eigenvalue weighted by Crippen LogP contribution is -2.25. The third-order valence-electron chi connectivity index (χ3n) is 3.95. The molecule has 3 N–H and O–H groups in total. The average Bonchev–Trinajstić information content (AvgIpc) is 2.49. The Morgan fingerprint density at radius 1 is 1.32 bits per heavy atom. The van der Waals surface area contributed by atoms with Crippen LogP contribution in [-0.2, 0) is 0 Å². The first-order chi connectivity index (χ1) is 8.89. The molecule has 0 amide bonds. The number of nitrogens with two attached hydrogens (primary N) is 1. The topological polar surface area (TPSA) is 53.1 Å². The Labute approximate surface area is 120 Å². The van der Waals surface area contributed by atoms with Gasteiger partial charge in [0.1, 0.15) is 5.84 Å². The number of anilines is 1. The Balaban J connectivity index is 2.18. The fourth-order valence-corrected chi connectivity index (χ4v) is 2.88. The smallest absolute Gasteiger partial charge is 0.124 e. The Morgan fingerprint density at radius 3 is 2.68 bits per heavy atom. The van der Waals surface area contributed by atoms with E-state index in [0.29, 0.717) is 16.0 Å². The molecule has 4 heteroatoms. The van der Waals surface area contributed by atoms with Crippen LogP contribution in [0.1, 0.15) is 38.7 Å². The summed E-state index contributed by atoms with van der Waals surface area (Å²) in [6, 6.07) is 5.79. The maximum Gasteiger partial charge on any atom is 0.124 e. The molecule has 1 aromatic carbocycles. The van der Waals surface area contributed by atoms with Gasteiger partial charge in [-0.1, -0.05) is 25.4 Å². The molecule has 1 saturated heterocycles. The molecule has 1 fully saturated rings. The molecular weight excluding hydrogens is 258 g/mol. The molecule has 3 nitrogen and oxygen atoms in total. The number of nitrogens with one attached hydrogen (secondary N) is 1. The number of hydrogen-bond donors (Lipinski definition) is 2. The summed E-state index contributed by atoms with van der Waals surface area (Å²) in [7, 11) is 0. The molecule has 0 aromatic heterocycles. The van der Waals surface area contributed by atoms with E-state index < -0.39 is 0 Å². The number of benzene rings is 1. The van der Waals surface area contributed by atoms with Gasteiger partial charge in [-0.15, -0.1) is 0 Å². The fraction of sp³-hybridized carbons (Fsp3) is 0.533. The Hall–Kier alpha value is -1.22. The zero-order valence-corrected chi connectivity index (χ0v) is 12.4. The highest BCUT2D eigenvalue weighted by atomic mass is 35.5. The van der Waals surface area contributed by atoms with Crippen LogP contribution in [0, 0.1) is 10.8 Å². The zero-order valence-electron chi connectivity index (χ0n) is 11.7. The fourth-order valence-electron chi connectivity index (χ4n) is 2.60. The maximum absolute atomic E-state index is 7.46. The van der Waals surface area contributed by atoms with Crippen molar-refractivity contribution in [1.82, 2.24) is 0 Å². The standard InChI is InChI=1S/C15H22ClN3/c1-15(2)6-3-8-19(9-7-15)11-4-5-12(14(17)18)13(16)10-11/h4-5,10H,3,6-9H2,1-2H3,(H3,17,18). The van der Waals surface area contributed by atoms with E-state index in [-0.39, 0.29) is 5.84 Å². The van der Waals surface area contributed by atoms with Gasteiger partial charge < -0.3 is 10.6 Å². The summed E-state index contributed by atoms with van der Waals surface area (Å²) in [6.07, 6.45) is 3.67. The van der Waals surface area contributed by atoms with Gasteiger partial charge in [0.15, 0.2) is 0 Å². The zero-order chi connectivity index (χ0) is 14.0. The van der Waals surface area contributed by atoms with Crippen molar-refractivity contribution in [2.75, 3.05) is 18.0 Å². The first-order valence-corrected chi connectivity index (χ1v) is 7.16. The summed E-state index contributed by atoms with van der Waals surface area (Å²) in [4.78, 5) is 2.38. The van der Waals surface area contributed by atoms with Gasteiger partial charge in [-0.2, -0.15) is 0 Å². The van der Waals surface area contributed by atoms with Gasteiger partial charge in [-0.25, -0.2) is 0 Å². The number of amidine groups is 1. The largest absolute Gasteiger partial charge is 0.384 e. The van der Waals surface area contributed by atoms with Crippen molar-refractivity contribution < 1.29 is 0 Å². The van der Waals surface area contributed by atoms with Gasteiger partial charge in [-0.05, 0) is 42.9 Å². The van der Waals surface area contributed by atoms with Crippen LogP contribution in [0.5, 0.6) is 0 Å². The second kappa shape index (κ2) is 5.41. The summed E-state index contributed by atoms with van der Waals surface area (Å²) < 4.78 is 0. The average molecular weight is 280 g/mol. The second-order valence-corrected chi connectivity index (χ2v) is 6.49. The van der Waals surface area contributed by atoms with Crippen molar-refractivity contribution in [1.29, 1.82) is 5.41 Å². The van der Waals surface area contributed by atoms with Crippen molar-refractivity contribution in [3.05, 3.63) is 28.8 Å². The summed E-state index contributed by atoms with van der Waals surface area (Å²) in [6.45, 7) is 6.80. The molecule has 1 aliphatic rings. The lowest BCUT2D eigenvalue weighted by atomic mass is 9.85. The minimum atomic E-state index is 0.0218. The molecular formula is C15H22ClN3. The highest BCUT2D eigenvalue weighted by molar-refractivity contribution is 6.34. The molecule has 0 bridgehead atoms.